The topological polar surface area (TPSA) is 157 Å². The predicted molar refractivity (Wildman–Crippen MR) is 148 cm³/mol. The van der Waals surface area contributed by atoms with E-state index in [2.05, 4.69) is 16.0 Å². The van der Waals surface area contributed by atoms with Crippen LogP contribution in [0.4, 0.5) is 0 Å². The van der Waals surface area contributed by atoms with Crippen molar-refractivity contribution in [3.8, 4) is 5.75 Å². The van der Waals surface area contributed by atoms with Crippen LogP contribution in [0.2, 0.25) is 0 Å². The third-order valence-electron chi connectivity index (χ3n) is 7.70. The molecule has 2 aliphatic carbocycles. The van der Waals surface area contributed by atoms with Gasteiger partial charge in [-0.3, -0.25) is 29.3 Å². The number of hydrogen-bond acceptors (Lipinski definition) is 7. The Morgan fingerprint density at radius 1 is 0.902 bits per heavy atom. The number of Topliss-reactive ketones (excluding diaryl/α,β-unsaturated/α-hetero) is 2. The number of methoxy groups -OCH3 is 1. The predicted octanol–water partition coefficient (Wildman–Crippen LogP) is 0.846. The van der Waals surface area contributed by atoms with Crippen molar-refractivity contribution < 1.29 is 28.7 Å². The number of rotatable bonds is 11. The second-order valence-electron chi connectivity index (χ2n) is 10.3. The SMILES string of the molecule is COc1ccc(C[C@H](NC(=O)CC(N)=O)C(=O)N[C@@]2(NCc3ccccc3)Cc3ccccc3C23C(=O)C3=O)cc1. The largest absolute Gasteiger partial charge is 0.497 e. The minimum atomic E-state index is -1.59. The molecule has 10 nitrogen and oxygen atoms in total. The molecule has 3 aromatic rings. The fourth-order valence-electron chi connectivity index (χ4n) is 5.69. The maximum Gasteiger partial charge on any atom is 0.244 e. The highest BCUT2D eigenvalue weighted by molar-refractivity contribution is 6.67. The van der Waals surface area contributed by atoms with Crippen molar-refractivity contribution in [3.63, 3.8) is 0 Å². The molecule has 0 radical (unpaired) electrons. The molecule has 0 aromatic heterocycles. The summed E-state index contributed by atoms with van der Waals surface area (Å²) in [7, 11) is 1.53. The van der Waals surface area contributed by atoms with Crippen molar-refractivity contribution in [2.24, 2.45) is 5.73 Å². The first-order valence-corrected chi connectivity index (χ1v) is 13.2. The molecule has 2 aliphatic rings. The number of benzene rings is 3. The summed E-state index contributed by atoms with van der Waals surface area (Å²) in [5.74, 6) is -2.75. The van der Waals surface area contributed by atoms with Gasteiger partial charge in [0.15, 0.2) is 5.41 Å². The summed E-state index contributed by atoms with van der Waals surface area (Å²) >= 11 is 0. The van der Waals surface area contributed by atoms with Crippen LogP contribution < -0.4 is 26.4 Å². The zero-order valence-corrected chi connectivity index (χ0v) is 22.4. The molecule has 3 amide bonds. The van der Waals surface area contributed by atoms with Crippen molar-refractivity contribution in [3.05, 3.63) is 101 Å². The number of nitrogens with two attached hydrogens (primary N) is 1. The number of amides is 3. The molecule has 5 rings (SSSR count). The number of primary amides is 1. The lowest BCUT2D eigenvalue weighted by molar-refractivity contribution is -0.133. The standard InChI is InChI=1S/C31H30N4O6/c1-41-22-13-11-19(12-14-22)15-24(34-26(37)16-25(32)36)29(40)35-30(33-18-20-7-3-2-4-8-20)17-21-9-5-6-10-23(21)31(30)27(38)28(31)39/h2-14,24,33H,15-18H2,1H3,(H2,32,36)(H,34,37)(H,35,40)/t24-,30-/m0/s1. The monoisotopic (exact) mass is 554 g/mol. The molecule has 0 unspecified atom stereocenters. The van der Waals surface area contributed by atoms with Crippen molar-refractivity contribution in [2.45, 2.75) is 42.9 Å². The van der Waals surface area contributed by atoms with Crippen LogP contribution in [-0.4, -0.2) is 48.1 Å². The highest BCUT2D eigenvalue weighted by atomic mass is 16.5. The lowest BCUT2D eigenvalue weighted by Crippen LogP contribution is -2.68. The zero-order valence-electron chi connectivity index (χ0n) is 22.4. The first-order chi connectivity index (χ1) is 19.7. The Hall–Kier alpha value is -4.83. The highest BCUT2D eigenvalue weighted by Gasteiger charge is 2.80. The summed E-state index contributed by atoms with van der Waals surface area (Å²) in [5.41, 5.74) is 5.04. The van der Waals surface area contributed by atoms with E-state index in [0.717, 1.165) is 11.1 Å². The summed E-state index contributed by atoms with van der Waals surface area (Å²) in [6.07, 6.45) is -0.364. The van der Waals surface area contributed by atoms with Crippen molar-refractivity contribution in [2.75, 3.05) is 7.11 Å². The van der Waals surface area contributed by atoms with E-state index in [1.807, 2.05) is 42.5 Å². The van der Waals surface area contributed by atoms with E-state index >= 15 is 0 Å². The average molecular weight is 555 g/mol. The van der Waals surface area contributed by atoms with Crippen LogP contribution in [0.1, 0.15) is 28.7 Å². The molecule has 0 heterocycles. The van der Waals surface area contributed by atoms with E-state index in [-0.39, 0.29) is 19.4 Å². The fraction of sp³-hybridized carbons (Fsp3) is 0.258. The van der Waals surface area contributed by atoms with E-state index in [4.69, 9.17) is 10.5 Å². The molecule has 1 spiro atoms. The van der Waals surface area contributed by atoms with Gasteiger partial charge in [0.05, 0.1) is 7.11 Å². The molecule has 210 valence electrons. The fourth-order valence-corrected chi connectivity index (χ4v) is 5.69. The highest BCUT2D eigenvalue weighted by Crippen LogP contribution is 2.55. The first kappa shape index (κ1) is 27.7. The van der Waals surface area contributed by atoms with E-state index in [0.29, 0.717) is 16.9 Å². The molecule has 41 heavy (non-hydrogen) atoms. The van der Waals surface area contributed by atoms with Gasteiger partial charge in [-0.2, -0.15) is 0 Å². The molecule has 3 aromatic carbocycles. The van der Waals surface area contributed by atoms with Crippen molar-refractivity contribution in [1.82, 2.24) is 16.0 Å². The second kappa shape index (κ2) is 11.0. The van der Waals surface area contributed by atoms with Gasteiger partial charge in [0.25, 0.3) is 0 Å². The van der Waals surface area contributed by atoms with E-state index < -0.39 is 52.8 Å². The van der Waals surface area contributed by atoms with Gasteiger partial charge >= 0.3 is 0 Å². The van der Waals surface area contributed by atoms with Crippen LogP contribution in [0.5, 0.6) is 5.75 Å². The zero-order chi connectivity index (χ0) is 29.2. The first-order valence-electron chi connectivity index (χ1n) is 13.2. The molecule has 0 aliphatic heterocycles. The van der Waals surface area contributed by atoms with Crippen LogP contribution in [0.3, 0.4) is 0 Å². The minimum absolute atomic E-state index is 0.0664. The Balaban J connectivity index is 1.50. The molecular weight excluding hydrogens is 524 g/mol. The number of carbonyl (C=O) groups is 5. The normalized spacial score (nSPS) is 18.9. The minimum Gasteiger partial charge on any atom is -0.497 e. The number of carbonyl (C=O) groups excluding carboxylic acids is 5. The van der Waals surface area contributed by atoms with E-state index in [1.54, 1.807) is 36.4 Å². The molecule has 2 atom stereocenters. The number of ether oxygens (including phenoxy) is 1. The number of hydrogen-bond donors (Lipinski definition) is 4. The molecular formula is C31H30N4O6. The van der Waals surface area contributed by atoms with Crippen LogP contribution in [-0.2, 0) is 48.8 Å². The Bertz CT molecular complexity index is 1510. The third-order valence-corrected chi connectivity index (χ3v) is 7.70. The van der Waals surface area contributed by atoms with Gasteiger partial charge in [-0.25, -0.2) is 0 Å². The lowest BCUT2D eigenvalue weighted by Gasteiger charge is -2.37. The van der Waals surface area contributed by atoms with Crippen molar-refractivity contribution in [1.29, 1.82) is 0 Å². The van der Waals surface area contributed by atoms with Crippen LogP contribution in [0.25, 0.3) is 0 Å². The number of ketones is 2. The van der Waals surface area contributed by atoms with Gasteiger partial charge in [-0.15, -0.1) is 0 Å². The molecule has 0 bridgehead atoms. The second-order valence-corrected chi connectivity index (χ2v) is 10.3. The van der Waals surface area contributed by atoms with Gasteiger partial charge in [0.2, 0.25) is 29.3 Å². The molecule has 5 N–H and O–H groups in total. The maximum atomic E-state index is 14.0. The maximum absolute atomic E-state index is 14.0. The average Bonchev–Trinajstić information content (AvgIpc) is 3.38. The summed E-state index contributed by atoms with van der Waals surface area (Å²) in [5, 5.41) is 8.92. The van der Waals surface area contributed by atoms with Crippen LogP contribution in [0.15, 0.2) is 78.9 Å². The number of nitrogens with one attached hydrogen (secondary N) is 3. The third kappa shape index (κ3) is 5.09. The Morgan fingerprint density at radius 2 is 1.56 bits per heavy atom. The van der Waals surface area contributed by atoms with Gasteiger partial charge in [-0.05, 0) is 34.4 Å². The van der Waals surface area contributed by atoms with Gasteiger partial charge in [-0.1, -0.05) is 66.7 Å². The smallest absolute Gasteiger partial charge is 0.244 e. The molecule has 10 heteroatoms. The number of fused-ring (bicyclic) bond motifs is 2. The van der Waals surface area contributed by atoms with Gasteiger partial charge in [0.1, 0.15) is 23.9 Å². The lowest BCUT2D eigenvalue weighted by atomic mass is 9.87. The van der Waals surface area contributed by atoms with Crippen LogP contribution >= 0.6 is 0 Å². The Morgan fingerprint density at radius 3 is 2.20 bits per heavy atom. The Labute approximate surface area is 236 Å². The van der Waals surface area contributed by atoms with Gasteiger partial charge < -0.3 is 21.1 Å². The summed E-state index contributed by atoms with van der Waals surface area (Å²) < 4.78 is 5.20. The summed E-state index contributed by atoms with van der Waals surface area (Å²) in [4.78, 5) is 64.3. The van der Waals surface area contributed by atoms with Gasteiger partial charge in [0, 0.05) is 19.4 Å². The van der Waals surface area contributed by atoms with Crippen LogP contribution in [0, 0.1) is 0 Å². The molecule has 1 saturated carbocycles. The summed E-state index contributed by atoms with van der Waals surface area (Å²) in [6, 6.07) is 22.4. The van der Waals surface area contributed by atoms with E-state index in [9.17, 15) is 24.0 Å². The Kier molecular flexibility index (Phi) is 7.42. The molecule has 1 fully saturated rings. The van der Waals surface area contributed by atoms with E-state index in [1.165, 1.54) is 7.11 Å². The summed E-state index contributed by atoms with van der Waals surface area (Å²) in [6.45, 7) is 0.259. The van der Waals surface area contributed by atoms with Crippen molar-refractivity contribution >= 4 is 29.3 Å². The quantitative estimate of drug-likeness (QED) is 0.155. The molecule has 0 saturated heterocycles.